The topological polar surface area (TPSA) is 66.7 Å². The van der Waals surface area contributed by atoms with Crippen LogP contribution >= 0.6 is 0 Å². The molecule has 5 heterocycles. The number of nitrogens with one attached hydrogen (secondary N) is 3. The predicted octanol–water partition coefficient (Wildman–Crippen LogP) is 10.5. The molecule has 0 unspecified atom stereocenters. The van der Waals surface area contributed by atoms with E-state index in [1.807, 2.05) is 111 Å². The van der Waals surface area contributed by atoms with Crippen LogP contribution in [0.4, 0.5) is 33.3 Å². The molecule has 11 heteroatoms. The van der Waals surface area contributed by atoms with Crippen LogP contribution in [0.3, 0.4) is 0 Å². The van der Waals surface area contributed by atoms with E-state index < -0.39 is 34.6 Å². The molecule has 0 aliphatic carbocycles. The molecule has 0 saturated heterocycles. The van der Waals surface area contributed by atoms with E-state index >= 15 is 8.78 Å². The van der Waals surface area contributed by atoms with E-state index in [1.165, 1.54) is 0 Å². The average Bonchev–Trinajstić information content (AvgIpc) is 3.98. The van der Waals surface area contributed by atoms with Crippen molar-refractivity contribution < 1.29 is 22.0 Å². The van der Waals surface area contributed by atoms with E-state index in [1.54, 1.807) is 24.3 Å². The van der Waals surface area contributed by atoms with Crippen molar-refractivity contribution in [1.29, 1.82) is 0 Å². The second-order valence-corrected chi connectivity index (χ2v) is 13.0. The van der Waals surface area contributed by atoms with Gasteiger partial charge in [0.05, 0.1) is 22.5 Å². The van der Waals surface area contributed by atoms with Crippen molar-refractivity contribution in [2.24, 2.45) is 0 Å². The monoisotopic (exact) mass is 702 g/mol. The minimum absolute atomic E-state index is 0.120. The van der Waals surface area contributed by atoms with Gasteiger partial charge in [0.2, 0.25) is 5.82 Å². The van der Waals surface area contributed by atoms with Crippen molar-refractivity contribution in [3.05, 3.63) is 125 Å². The Morgan fingerprint density at radius 1 is 0.385 bits per heavy atom. The van der Waals surface area contributed by atoms with Gasteiger partial charge in [-0.1, -0.05) is 24.3 Å². The van der Waals surface area contributed by atoms with Gasteiger partial charge in [0.25, 0.3) is 0 Å². The number of nitrogens with zero attached hydrogens (tertiary/aromatic N) is 3. The third-order valence-corrected chi connectivity index (χ3v) is 9.38. The molecule has 6 nitrogen and oxygen atoms in total. The molecule has 0 radical (unpaired) electrons. The fraction of sp³-hybridized carbons (Fsp3) is 0.0976. The third kappa shape index (κ3) is 5.36. The molecule has 3 aromatic carbocycles. The van der Waals surface area contributed by atoms with Crippen molar-refractivity contribution >= 4 is 56.6 Å². The maximum Gasteiger partial charge on any atom is 0.200 e. The summed E-state index contributed by atoms with van der Waals surface area (Å²) in [5, 5.41) is 0. The highest BCUT2D eigenvalue weighted by Crippen LogP contribution is 2.39. The number of rotatable bonds is 5. The Balaban J connectivity index is 1.55. The fourth-order valence-corrected chi connectivity index (χ4v) is 6.70. The zero-order valence-electron chi connectivity index (χ0n) is 28.5. The molecule has 0 atom stereocenters. The number of hydrogen-bond donors (Lipinski definition) is 3. The molecule has 8 rings (SSSR count). The predicted molar refractivity (Wildman–Crippen MR) is 200 cm³/mol. The third-order valence-electron chi connectivity index (χ3n) is 9.38. The summed E-state index contributed by atoms with van der Waals surface area (Å²) in [6, 6.07) is 26.0. The van der Waals surface area contributed by atoms with Crippen LogP contribution in [0.5, 0.6) is 0 Å². The lowest BCUT2D eigenvalue weighted by molar-refractivity contribution is 0.381. The van der Waals surface area contributed by atoms with E-state index in [0.29, 0.717) is 39.1 Å². The lowest BCUT2D eigenvalue weighted by atomic mass is 10.0. The summed E-state index contributed by atoms with van der Waals surface area (Å²) in [5.41, 5.74) is 7.67. The van der Waals surface area contributed by atoms with Crippen molar-refractivity contribution in [2.45, 2.75) is 0 Å². The van der Waals surface area contributed by atoms with Gasteiger partial charge in [-0.15, -0.1) is 0 Å². The lowest BCUT2D eigenvalue weighted by Crippen LogP contribution is -2.07. The minimum Gasteiger partial charge on any atom is -0.378 e. The van der Waals surface area contributed by atoms with Crippen LogP contribution < -0.4 is 9.80 Å². The highest BCUT2D eigenvalue weighted by Gasteiger charge is 2.28. The smallest absolute Gasteiger partial charge is 0.200 e. The molecule has 1 aliphatic rings. The number of halogens is 5. The van der Waals surface area contributed by atoms with Gasteiger partial charge in [0.15, 0.2) is 23.3 Å². The second-order valence-electron chi connectivity index (χ2n) is 13.0. The Morgan fingerprint density at radius 3 is 1.23 bits per heavy atom. The molecule has 7 aromatic rings. The molecule has 1 aliphatic heterocycles. The van der Waals surface area contributed by atoms with Crippen molar-refractivity contribution in [3.63, 3.8) is 0 Å². The zero-order chi connectivity index (χ0) is 36.4. The van der Waals surface area contributed by atoms with Crippen molar-refractivity contribution in [1.82, 2.24) is 19.9 Å². The Morgan fingerprint density at radius 2 is 0.750 bits per heavy atom. The van der Waals surface area contributed by atoms with Crippen LogP contribution in [0.25, 0.3) is 78.6 Å². The van der Waals surface area contributed by atoms with E-state index in [9.17, 15) is 13.2 Å². The van der Waals surface area contributed by atoms with Gasteiger partial charge in [0.1, 0.15) is 0 Å². The average molecular weight is 703 g/mol. The first kappa shape index (κ1) is 32.8. The van der Waals surface area contributed by atoms with Crippen LogP contribution in [-0.4, -0.2) is 48.1 Å². The highest BCUT2D eigenvalue weighted by atomic mass is 19.2. The standard InChI is InChI=1S/C41H31F5N6/c1-51(2)23-9-5-21(6-10-23)33-27-15-13-25(47-27)26-14-16-28(48-26)34(22-7-11-24(12-8-22)52(3)4)30-18-20-32(50-30)35(31-19-17-29(33)49-31)36-37(42)39(44)41(46)40(45)38(36)43/h5-20,47,49-50H,1-4H3. The van der Waals surface area contributed by atoms with Crippen molar-refractivity contribution in [2.75, 3.05) is 38.0 Å². The van der Waals surface area contributed by atoms with Crippen LogP contribution in [0.2, 0.25) is 0 Å². The van der Waals surface area contributed by atoms with Crippen LogP contribution in [0.1, 0.15) is 11.4 Å². The first-order valence-corrected chi connectivity index (χ1v) is 16.4. The molecule has 0 saturated carbocycles. The number of H-pyrrole nitrogens is 3. The number of aromatic nitrogens is 4. The Hall–Kier alpha value is -6.36. The molecule has 0 spiro atoms. The van der Waals surface area contributed by atoms with Gasteiger partial charge in [-0.3, -0.25) is 0 Å². The Bertz CT molecular complexity index is 2650. The zero-order valence-corrected chi connectivity index (χ0v) is 28.5. The fourth-order valence-electron chi connectivity index (χ4n) is 6.70. The summed E-state index contributed by atoms with van der Waals surface area (Å²) in [6.07, 6.45) is 3.78. The first-order chi connectivity index (χ1) is 25.0. The summed E-state index contributed by atoms with van der Waals surface area (Å²) < 4.78 is 75.5. The number of fused-ring (bicyclic) bond motifs is 9. The molecule has 260 valence electrons. The minimum atomic E-state index is -2.23. The molecule has 0 fully saturated rings. The summed E-state index contributed by atoms with van der Waals surface area (Å²) in [6.45, 7) is 0. The second kappa shape index (κ2) is 12.4. The summed E-state index contributed by atoms with van der Waals surface area (Å²) in [7, 11) is 7.74. The maximum atomic E-state index is 15.7. The maximum absolute atomic E-state index is 15.7. The van der Waals surface area contributed by atoms with Gasteiger partial charge in [-0.05, 0) is 83.9 Å². The molecule has 3 N–H and O–H groups in total. The van der Waals surface area contributed by atoms with Crippen molar-refractivity contribution in [3.8, 4) is 33.4 Å². The SMILES string of the molecule is CN(C)c1ccc(-c2c3nc(c4ccc([nH]4)c(-c4ccc(N(C)C)cc4)c4ccc([nH]4)c(-c4c(F)c(F)c(F)c(F)c4F)c4ccc2[nH]4)C=C3)cc1. The van der Waals surface area contributed by atoms with Crippen LogP contribution in [0, 0.1) is 29.1 Å². The Kier molecular flexibility index (Phi) is 7.86. The van der Waals surface area contributed by atoms with E-state index in [-0.39, 0.29) is 16.6 Å². The quantitative estimate of drug-likeness (QED) is 0.0950. The van der Waals surface area contributed by atoms with Crippen LogP contribution in [-0.2, 0) is 0 Å². The van der Waals surface area contributed by atoms with E-state index in [4.69, 9.17) is 4.98 Å². The van der Waals surface area contributed by atoms with Gasteiger partial charge in [-0.2, -0.15) is 0 Å². The molecule has 4 aromatic heterocycles. The number of aromatic amines is 3. The summed E-state index contributed by atoms with van der Waals surface area (Å²) >= 11 is 0. The van der Waals surface area contributed by atoms with E-state index in [2.05, 4.69) is 15.0 Å². The van der Waals surface area contributed by atoms with E-state index in [0.717, 1.165) is 28.0 Å². The van der Waals surface area contributed by atoms with Crippen LogP contribution in [0.15, 0.2) is 84.9 Å². The Labute approximate surface area is 294 Å². The number of benzene rings is 3. The largest absolute Gasteiger partial charge is 0.378 e. The van der Waals surface area contributed by atoms with Gasteiger partial charge in [0, 0.05) is 83.8 Å². The number of anilines is 2. The summed E-state index contributed by atoms with van der Waals surface area (Å²) in [4.78, 5) is 19.0. The summed E-state index contributed by atoms with van der Waals surface area (Å²) in [5.74, 6) is -10.2. The van der Waals surface area contributed by atoms with Gasteiger partial charge >= 0.3 is 0 Å². The normalized spacial score (nSPS) is 11.9. The molecule has 52 heavy (non-hydrogen) atoms. The van der Waals surface area contributed by atoms with Gasteiger partial charge in [-0.25, -0.2) is 26.9 Å². The lowest BCUT2D eigenvalue weighted by Gasteiger charge is -2.13. The van der Waals surface area contributed by atoms with Gasteiger partial charge < -0.3 is 24.8 Å². The first-order valence-electron chi connectivity index (χ1n) is 16.4. The molecule has 0 amide bonds. The molecule has 8 bridgehead atoms. The molecular weight excluding hydrogens is 671 g/mol. The highest BCUT2D eigenvalue weighted by molar-refractivity contribution is 6.00. The number of hydrogen-bond acceptors (Lipinski definition) is 3. The molecular formula is C41H31F5N6.